The molecule has 0 bridgehead atoms. The third kappa shape index (κ3) is 7.97. The molecular weight excluding hydrogens is 410 g/mol. The molecule has 3 rings (SSSR count). The van der Waals surface area contributed by atoms with E-state index in [1.54, 1.807) is 0 Å². The van der Waals surface area contributed by atoms with E-state index in [1.807, 2.05) is 60.7 Å². The number of para-hydroxylation sites is 1. The van der Waals surface area contributed by atoms with Gasteiger partial charge in [-0.15, -0.1) is 0 Å². The number of benzene rings is 2. The molecule has 0 unspecified atom stereocenters. The van der Waals surface area contributed by atoms with Gasteiger partial charge in [0.15, 0.2) is 5.78 Å². The Kier molecular flexibility index (Phi) is 9.83. The number of ketones is 1. The van der Waals surface area contributed by atoms with Crippen LogP contribution in [0.15, 0.2) is 60.7 Å². The highest BCUT2D eigenvalue weighted by molar-refractivity contribution is 5.97. The number of nitrogens with zero attached hydrogens (tertiary/aromatic N) is 4. The highest BCUT2D eigenvalue weighted by Crippen LogP contribution is 2.18. The molecule has 1 N–H and O–H groups in total. The van der Waals surface area contributed by atoms with E-state index in [0.29, 0.717) is 23.3 Å². The monoisotopic (exact) mass is 445 g/mol. The smallest absolute Gasteiger partial charge is 0.232 e. The molecule has 33 heavy (non-hydrogen) atoms. The van der Waals surface area contributed by atoms with Gasteiger partial charge in [-0.25, -0.2) is 0 Å². The zero-order valence-corrected chi connectivity index (χ0v) is 19.8. The summed E-state index contributed by atoms with van der Waals surface area (Å²) in [4.78, 5) is 29.2. The predicted molar refractivity (Wildman–Crippen MR) is 135 cm³/mol. The van der Waals surface area contributed by atoms with Crippen molar-refractivity contribution in [2.75, 3.05) is 23.3 Å². The lowest BCUT2D eigenvalue weighted by Gasteiger charge is -2.23. The average Bonchev–Trinajstić information content (AvgIpc) is 2.84. The van der Waals surface area contributed by atoms with Crippen molar-refractivity contribution >= 4 is 23.4 Å². The zero-order chi connectivity index (χ0) is 23.3. The third-order valence-corrected chi connectivity index (χ3v) is 5.46. The Morgan fingerprint density at radius 1 is 0.788 bits per heavy atom. The normalized spacial score (nSPS) is 10.7. The fourth-order valence-electron chi connectivity index (χ4n) is 3.62. The summed E-state index contributed by atoms with van der Waals surface area (Å²) in [5, 5.41) is 3.29. The van der Waals surface area contributed by atoms with Crippen molar-refractivity contribution in [1.82, 2.24) is 15.0 Å². The predicted octanol–water partition coefficient (Wildman–Crippen LogP) is 6.23. The molecule has 1 heterocycles. The minimum absolute atomic E-state index is 0.00178. The number of carbonyl (C=O) groups is 1. The van der Waals surface area contributed by atoms with E-state index < -0.39 is 0 Å². The summed E-state index contributed by atoms with van der Waals surface area (Å²) in [6.07, 6.45) is 6.99. The summed E-state index contributed by atoms with van der Waals surface area (Å²) in [6, 6.07) is 19.1. The first-order valence-electron chi connectivity index (χ1n) is 12.1. The van der Waals surface area contributed by atoms with Crippen molar-refractivity contribution in [3.05, 3.63) is 72.1 Å². The van der Waals surface area contributed by atoms with Crippen LogP contribution in [0.2, 0.25) is 0 Å². The van der Waals surface area contributed by atoms with Crippen LogP contribution < -0.4 is 10.2 Å². The number of aromatic nitrogens is 3. The first kappa shape index (κ1) is 24.4. The minimum atomic E-state index is 0.00178. The molecule has 0 aliphatic carbocycles. The first-order valence-corrected chi connectivity index (χ1v) is 12.1. The average molecular weight is 446 g/mol. The number of anilines is 3. The molecule has 0 saturated carbocycles. The van der Waals surface area contributed by atoms with Gasteiger partial charge in [0.1, 0.15) is 5.82 Å². The van der Waals surface area contributed by atoms with Crippen LogP contribution in [0.1, 0.15) is 68.6 Å². The molecule has 0 fully saturated rings. The van der Waals surface area contributed by atoms with Gasteiger partial charge in [0.2, 0.25) is 11.9 Å². The fourth-order valence-corrected chi connectivity index (χ4v) is 3.62. The molecule has 1 aromatic heterocycles. The largest absolute Gasteiger partial charge is 0.341 e. The van der Waals surface area contributed by atoms with E-state index in [0.717, 1.165) is 44.5 Å². The number of Topliss-reactive ketones (excluding diaryl/α,β-unsaturated/α-hetero) is 1. The van der Waals surface area contributed by atoms with E-state index in [1.165, 1.54) is 12.8 Å². The van der Waals surface area contributed by atoms with Crippen molar-refractivity contribution in [2.45, 2.75) is 58.8 Å². The van der Waals surface area contributed by atoms with Gasteiger partial charge in [-0.05, 0) is 25.0 Å². The van der Waals surface area contributed by atoms with Crippen LogP contribution in [0.3, 0.4) is 0 Å². The van der Waals surface area contributed by atoms with Crippen LogP contribution in [0.25, 0.3) is 0 Å². The van der Waals surface area contributed by atoms with Crippen LogP contribution in [0.5, 0.6) is 0 Å². The van der Waals surface area contributed by atoms with Crippen LogP contribution in [0, 0.1) is 0 Å². The van der Waals surface area contributed by atoms with Gasteiger partial charge >= 0.3 is 0 Å². The zero-order valence-electron chi connectivity index (χ0n) is 19.8. The van der Waals surface area contributed by atoms with Gasteiger partial charge < -0.3 is 10.2 Å². The quantitative estimate of drug-likeness (QED) is 0.234. The maximum Gasteiger partial charge on any atom is 0.232 e. The van der Waals surface area contributed by atoms with E-state index in [-0.39, 0.29) is 12.2 Å². The van der Waals surface area contributed by atoms with Crippen molar-refractivity contribution in [3.63, 3.8) is 0 Å². The SMILES string of the molecule is CCCCCN(CCCCC)c1nc(CC(=O)c2ccccc2)nc(Nc2ccccc2)n1. The molecule has 6 heteroatoms. The molecule has 0 saturated heterocycles. The molecule has 0 spiro atoms. The number of hydrogen-bond acceptors (Lipinski definition) is 6. The number of carbonyl (C=O) groups excluding carboxylic acids is 1. The van der Waals surface area contributed by atoms with Gasteiger partial charge in [-0.1, -0.05) is 88.1 Å². The molecule has 0 aliphatic rings. The van der Waals surface area contributed by atoms with Crippen molar-refractivity contribution in [2.24, 2.45) is 0 Å². The molecule has 2 aromatic carbocycles. The van der Waals surface area contributed by atoms with Crippen LogP contribution in [-0.4, -0.2) is 33.8 Å². The summed E-state index contributed by atoms with van der Waals surface area (Å²) in [5.41, 5.74) is 1.57. The fraction of sp³-hybridized carbons (Fsp3) is 0.407. The first-order chi connectivity index (χ1) is 16.2. The molecule has 0 atom stereocenters. The van der Waals surface area contributed by atoms with E-state index in [9.17, 15) is 4.79 Å². The maximum atomic E-state index is 12.9. The topological polar surface area (TPSA) is 71.0 Å². The summed E-state index contributed by atoms with van der Waals surface area (Å²) in [5.74, 6) is 1.61. The Balaban J connectivity index is 1.89. The molecule has 0 amide bonds. The standard InChI is InChI=1S/C27H35N5O/c1-3-5-13-19-32(20-14-6-4-2)27-30-25(21-24(33)22-15-9-7-10-16-22)29-26(31-27)28-23-17-11-8-12-18-23/h7-12,15-18H,3-6,13-14,19-21H2,1-2H3,(H,28,29,30,31). The van der Waals surface area contributed by atoms with Crippen molar-refractivity contribution in [3.8, 4) is 0 Å². The van der Waals surface area contributed by atoms with E-state index in [2.05, 4.69) is 29.0 Å². The van der Waals surface area contributed by atoms with E-state index in [4.69, 9.17) is 9.97 Å². The number of hydrogen-bond donors (Lipinski definition) is 1. The highest BCUT2D eigenvalue weighted by Gasteiger charge is 2.16. The van der Waals surface area contributed by atoms with Gasteiger partial charge in [-0.2, -0.15) is 15.0 Å². The van der Waals surface area contributed by atoms with Crippen LogP contribution in [0.4, 0.5) is 17.6 Å². The van der Waals surface area contributed by atoms with Gasteiger partial charge in [0, 0.05) is 24.3 Å². The molecule has 0 radical (unpaired) electrons. The lowest BCUT2D eigenvalue weighted by atomic mass is 10.1. The second-order valence-electron chi connectivity index (χ2n) is 8.23. The number of nitrogens with one attached hydrogen (secondary N) is 1. The summed E-state index contributed by atoms with van der Waals surface area (Å²) < 4.78 is 0. The second-order valence-corrected chi connectivity index (χ2v) is 8.23. The lowest BCUT2D eigenvalue weighted by molar-refractivity contribution is 0.0991. The van der Waals surface area contributed by atoms with Crippen molar-refractivity contribution < 1.29 is 4.79 Å². The Bertz CT molecular complexity index is 968. The van der Waals surface area contributed by atoms with Crippen LogP contribution in [-0.2, 0) is 6.42 Å². The molecular formula is C27H35N5O. The molecule has 0 aliphatic heterocycles. The summed E-state index contributed by atoms with van der Waals surface area (Å²) >= 11 is 0. The van der Waals surface area contributed by atoms with E-state index >= 15 is 0 Å². The number of unbranched alkanes of at least 4 members (excludes halogenated alkanes) is 4. The highest BCUT2D eigenvalue weighted by atomic mass is 16.1. The third-order valence-electron chi connectivity index (χ3n) is 5.46. The van der Waals surface area contributed by atoms with Gasteiger partial charge in [0.25, 0.3) is 0 Å². The summed E-state index contributed by atoms with van der Waals surface area (Å²) in [7, 11) is 0. The van der Waals surface area contributed by atoms with Crippen molar-refractivity contribution in [1.29, 1.82) is 0 Å². The molecule has 6 nitrogen and oxygen atoms in total. The van der Waals surface area contributed by atoms with Gasteiger partial charge in [0.05, 0.1) is 6.42 Å². The molecule has 174 valence electrons. The molecule has 3 aromatic rings. The lowest BCUT2D eigenvalue weighted by Crippen LogP contribution is -2.29. The second kappa shape index (κ2) is 13.3. The maximum absolute atomic E-state index is 12.9. The Morgan fingerprint density at radius 3 is 2.00 bits per heavy atom. The Hall–Kier alpha value is -3.28. The Morgan fingerprint density at radius 2 is 1.39 bits per heavy atom. The Labute approximate surface area is 197 Å². The van der Waals surface area contributed by atoms with Gasteiger partial charge in [-0.3, -0.25) is 4.79 Å². The number of rotatable bonds is 14. The summed E-state index contributed by atoms with van der Waals surface area (Å²) in [6.45, 7) is 6.22. The minimum Gasteiger partial charge on any atom is -0.341 e. The van der Waals surface area contributed by atoms with Crippen LogP contribution >= 0.6 is 0 Å².